The number of nitrogens with one attached hydrogen (secondary N) is 1. The summed E-state index contributed by atoms with van der Waals surface area (Å²) in [5, 5.41) is 0. The van der Waals surface area contributed by atoms with Crippen LogP contribution < -0.4 is 5.73 Å². The van der Waals surface area contributed by atoms with Crippen LogP contribution in [0.3, 0.4) is 0 Å². The van der Waals surface area contributed by atoms with E-state index >= 15 is 0 Å². The van der Waals surface area contributed by atoms with Gasteiger partial charge in [-0.2, -0.15) is 0 Å². The summed E-state index contributed by atoms with van der Waals surface area (Å²) >= 11 is 0. The van der Waals surface area contributed by atoms with Crippen molar-refractivity contribution in [1.29, 1.82) is 0 Å². The highest BCUT2D eigenvalue weighted by molar-refractivity contribution is 5.60. The monoisotopic (exact) mass is 269 g/mol. The molecular weight excluding hydrogens is 246 g/mol. The third kappa shape index (κ3) is 2.63. The molecule has 3 rings (SSSR count). The first-order valence-electron chi connectivity index (χ1n) is 7.51. The molecule has 3 nitrogen and oxygen atoms in total. The second kappa shape index (κ2) is 5.41. The molecule has 3 heteroatoms. The highest BCUT2D eigenvalue weighted by Gasteiger charge is 2.23. The average molecular weight is 269 g/mol. The van der Waals surface area contributed by atoms with Crippen molar-refractivity contribution >= 4 is 0 Å². The number of rotatable bonds is 2. The molecule has 1 aromatic carbocycles. The van der Waals surface area contributed by atoms with Crippen LogP contribution in [0, 0.1) is 13.8 Å². The van der Waals surface area contributed by atoms with Crippen LogP contribution in [0.25, 0.3) is 11.3 Å². The van der Waals surface area contributed by atoms with Crippen LogP contribution in [0.4, 0.5) is 0 Å². The third-order valence-corrected chi connectivity index (χ3v) is 4.51. The number of hydrogen-bond donors (Lipinski definition) is 2. The van der Waals surface area contributed by atoms with Gasteiger partial charge in [0.05, 0.1) is 11.9 Å². The van der Waals surface area contributed by atoms with Crippen LogP contribution in [0.1, 0.15) is 48.6 Å². The molecule has 1 aliphatic rings. The molecule has 2 aromatic rings. The van der Waals surface area contributed by atoms with Crippen LogP contribution in [0.15, 0.2) is 24.4 Å². The Hall–Kier alpha value is -1.61. The Morgan fingerprint density at radius 2 is 2.05 bits per heavy atom. The Bertz CT molecular complexity index is 600. The maximum atomic E-state index is 6.08. The van der Waals surface area contributed by atoms with Crippen molar-refractivity contribution < 1.29 is 0 Å². The van der Waals surface area contributed by atoms with Gasteiger partial charge in [-0.3, -0.25) is 0 Å². The van der Waals surface area contributed by atoms with Crippen LogP contribution >= 0.6 is 0 Å². The summed E-state index contributed by atoms with van der Waals surface area (Å²) in [5.74, 6) is 1.60. The van der Waals surface area contributed by atoms with Gasteiger partial charge in [-0.15, -0.1) is 0 Å². The largest absolute Gasteiger partial charge is 0.342 e. The molecule has 1 aliphatic carbocycles. The molecular formula is C17H23N3. The minimum Gasteiger partial charge on any atom is -0.342 e. The van der Waals surface area contributed by atoms with E-state index in [4.69, 9.17) is 5.73 Å². The summed E-state index contributed by atoms with van der Waals surface area (Å²) in [6.07, 6.45) is 6.58. The standard InChI is InChI=1S/C17H23N3/c1-11-6-7-13(8-12(11)2)16-10-19-17(20-16)14-4-3-5-15(18)9-14/h6-8,10,14-15H,3-5,9,18H2,1-2H3,(H,19,20). The lowest BCUT2D eigenvalue weighted by Gasteiger charge is -2.24. The zero-order valence-corrected chi connectivity index (χ0v) is 12.3. The smallest absolute Gasteiger partial charge is 0.109 e. The number of imidazole rings is 1. The second-order valence-electron chi connectivity index (χ2n) is 6.10. The molecule has 1 fully saturated rings. The first-order valence-corrected chi connectivity index (χ1v) is 7.51. The van der Waals surface area contributed by atoms with E-state index in [1.807, 2.05) is 6.20 Å². The zero-order chi connectivity index (χ0) is 14.1. The molecule has 0 radical (unpaired) electrons. The number of benzene rings is 1. The molecule has 1 aromatic heterocycles. The molecule has 0 aliphatic heterocycles. The lowest BCUT2D eigenvalue weighted by molar-refractivity contribution is 0.383. The minimum absolute atomic E-state index is 0.337. The molecule has 1 heterocycles. The van der Waals surface area contributed by atoms with Gasteiger partial charge in [0, 0.05) is 12.0 Å². The van der Waals surface area contributed by atoms with Gasteiger partial charge in [-0.25, -0.2) is 4.98 Å². The Labute approximate surface area is 120 Å². The predicted molar refractivity (Wildman–Crippen MR) is 82.7 cm³/mol. The van der Waals surface area contributed by atoms with Crippen molar-refractivity contribution in [2.45, 2.75) is 51.5 Å². The van der Waals surface area contributed by atoms with Crippen molar-refractivity contribution in [2.75, 3.05) is 0 Å². The molecule has 0 spiro atoms. The molecule has 0 amide bonds. The first-order chi connectivity index (χ1) is 9.63. The van der Waals surface area contributed by atoms with Crippen LogP contribution in [-0.2, 0) is 0 Å². The first kappa shape index (κ1) is 13.4. The summed E-state index contributed by atoms with van der Waals surface area (Å²) in [6, 6.07) is 6.89. The number of nitrogens with two attached hydrogens (primary N) is 1. The lowest BCUT2D eigenvalue weighted by atomic mass is 9.86. The Kier molecular flexibility index (Phi) is 3.62. The quantitative estimate of drug-likeness (QED) is 0.873. The molecule has 20 heavy (non-hydrogen) atoms. The minimum atomic E-state index is 0.337. The molecule has 2 unspecified atom stereocenters. The Balaban J connectivity index is 1.84. The maximum absolute atomic E-state index is 6.08. The lowest BCUT2D eigenvalue weighted by Crippen LogP contribution is -2.27. The van der Waals surface area contributed by atoms with Gasteiger partial charge in [-0.05, 0) is 55.9 Å². The van der Waals surface area contributed by atoms with E-state index < -0.39 is 0 Å². The summed E-state index contributed by atoms with van der Waals surface area (Å²) < 4.78 is 0. The predicted octanol–water partition coefficient (Wildman–Crippen LogP) is 3.68. The fourth-order valence-corrected chi connectivity index (χ4v) is 3.08. The van der Waals surface area contributed by atoms with Gasteiger partial charge in [0.15, 0.2) is 0 Å². The molecule has 3 N–H and O–H groups in total. The number of nitrogens with zero attached hydrogens (tertiary/aromatic N) is 1. The molecule has 0 bridgehead atoms. The van der Waals surface area contributed by atoms with E-state index in [9.17, 15) is 0 Å². The molecule has 0 saturated heterocycles. The Morgan fingerprint density at radius 3 is 2.80 bits per heavy atom. The molecule has 106 valence electrons. The average Bonchev–Trinajstić information content (AvgIpc) is 2.92. The third-order valence-electron chi connectivity index (χ3n) is 4.51. The van der Waals surface area contributed by atoms with E-state index in [2.05, 4.69) is 42.0 Å². The fraction of sp³-hybridized carbons (Fsp3) is 0.471. The second-order valence-corrected chi connectivity index (χ2v) is 6.10. The normalized spacial score (nSPS) is 22.9. The summed E-state index contributed by atoms with van der Waals surface area (Å²) in [5.41, 5.74) is 11.0. The topological polar surface area (TPSA) is 54.7 Å². The van der Waals surface area contributed by atoms with Gasteiger partial charge >= 0.3 is 0 Å². The van der Waals surface area contributed by atoms with Crippen LogP contribution in [0.5, 0.6) is 0 Å². The van der Waals surface area contributed by atoms with Gasteiger partial charge in [0.25, 0.3) is 0 Å². The number of aromatic amines is 1. The van der Waals surface area contributed by atoms with Gasteiger partial charge < -0.3 is 10.7 Å². The van der Waals surface area contributed by atoms with Crippen molar-refractivity contribution in [3.8, 4) is 11.3 Å². The number of H-pyrrole nitrogens is 1. The van der Waals surface area contributed by atoms with Gasteiger partial charge in [0.2, 0.25) is 0 Å². The van der Waals surface area contributed by atoms with Crippen molar-refractivity contribution in [2.24, 2.45) is 5.73 Å². The Morgan fingerprint density at radius 1 is 1.20 bits per heavy atom. The van der Waals surface area contributed by atoms with Crippen molar-refractivity contribution in [1.82, 2.24) is 9.97 Å². The van der Waals surface area contributed by atoms with Gasteiger partial charge in [0.1, 0.15) is 5.82 Å². The summed E-state index contributed by atoms with van der Waals surface area (Å²) in [7, 11) is 0. The summed E-state index contributed by atoms with van der Waals surface area (Å²) in [6.45, 7) is 4.29. The van der Waals surface area contributed by atoms with E-state index in [-0.39, 0.29) is 0 Å². The SMILES string of the molecule is Cc1ccc(-c2cnc(C3CCCC(N)C3)[nH]2)cc1C. The summed E-state index contributed by atoms with van der Waals surface area (Å²) in [4.78, 5) is 8.09. The van der Waals surface area contributed by atoms with E-state index in [1.165, 1.54) is 29.5 Å². The van der Waals surface area contributed by atoms with Crippen LogP contribution in [0.2, 0.25) is 0 Å². The molecule has 1 saturated carbocycles. The highest BCUT2D eigenvalue weighted by atomic mass is 14.9. The highest BCUT2D eigenvalue weighted by Crippen LogP contribution is 2.31. The van der Waals surface area contributed by atoms with Gasteiger partial charge in [-0.1, -0.05) is 18.6 Å². The van der Waals surface area contributed by atoms with Crippen molar-refractivity contribution in [3.63, 3.8) is 0 Å². The van der Waals surface area contributed by atoms with E-state index in [0.717, 1.165) is 24.4 Å². The maximum Gasteiger partial charge on any atom is 0.109 e. The van der Waals surface area contributed by atoms with E-state index in [1.54, 1.807) is 0 Å². The van der Waals surface area contributed by atoms with Crippen LogP contribution in [-0.4, -0.2) is 16.0 Å². The number of aromatic nitrogens is 2. The van der Waals surface area contributed by atoms with E-state index in [0.29, 0.717) is 12.0 Å². The molecule has 2 atom stereocenters. The number of aryl methyl sites for hydroxylation is 2. The number of hydrogen-bond acceptors (Lipinski definition) is 2. The zero-order valence-electron chi connectivity index (χ0n) is 12.3. The fourth-order valence-electron chi connectivity index (χ4n) is 3.08. The van der Waals surface area contributed by atoms with Crippen molar-refractivity contribution in [3.05, 3.63) is 41.3 Å².